The molecule has 1 aromatic rings. The maximum Gasteiger partial charge on any atom is 0.308 e. The Balaban J connectivity index is 3.19. The second-order valence-electron chi connectivity index (χ2n) is 5.19. The first-order chi connectivity index (χ1) is 8.12. The smallest absolute Gasteiger partial charge is 0.258 e. The Bertz CT molecular complexity index is 472. The van der Waals surface area contributed by atoms with Crippen molar-refractivity contribution in [1.29, 1.82) is 0 Å². The lowest BCUT2D eigenvalue weighted by Gasteiger charge is -2.25. The molecular weight excluding hydrogens is 264 g/mol. The van der Waals surface area contributed by atoms with E-state index in [-0.39, 0.29) is 17.4 Å². The number of halogens is 3. The number of nitro benzene ring substituents is 1. The molecule has 0 aliphatic heterocycles. The van der Waals surface area contributed by atoms with Crippen LogP contribution in [0, 0.1) is 27.2 Å². The molecule has 0 fully saturated rings. The van der Waals surface area contributed by atoms with Gasteiger partial charge in [-0.1, -0.05) is 20.8 Å². The van der Waals surface area contributed by atoms with Crippen molar-refractivity contribution in [1.82, 2.24) is 0 Å². The third kappa shape index (κ3) is 3.38. The Labute approximate surface area is 109 Å². The lowest BCUT2D eigenvalue weighted by molar-refractivity contribution is -0.388. The molecule has 0 aromatic heterocycles. The number of rotatable bonds is 3. The number of nitrogens with zero attached hydrogens (tertiary/aromatic N) is 1. The summed E-state index contributed by atoms with van der Waals surface area (Å²) in [5.41, 5.74) is -1.04. The molecule has 0 amide bonds. The van der Waals surface area contributed by atoms with Gasteiger partial charge in [-0.05, 0) is 17.9 Å². The molecule has 0 aliphatic carbocycles. The van der Waals surface area contributed by atoms with Crippen LogP contribution in [0.5, 0.6) is 0 Å². The highest BCUT2D eigenvalue weighted by Gasteiger charge is 2.28. The van der Waals surface area contributed by atoms with Gasteiger partial charge in [0.1, 0.15) is 5.82 Å². The van der Waals surface area contributed by atoms with Gasteiger partial charge in [-0.3, -0.25) is 10.1 Å². The van der Waals surface area contributed by atoms with Gasteiger partial charge in [0.25, 0.3) is 0 Å². The van der Waals surface area contributed by atoms with E-state index in [1.54, 1.807) is 0 Å². The van der Waals surface area contributed by atoms with E-state index in [1.165, 1.54) is 0 Å². The first kappa shape index (κ1) is 14.8. The lowest BCUT2D eigenvalue weighted by Crippen LogP contribution is -2.23. The van der Waals surface area contributed by atoms with E-state index in [1.807, 2.05) is 20.8 Å². The van der Waals surface area contributed by atoms with Crippen LogP contribution in [-0.4, -0.2) is 10.3 Å². The normalized spacial score (nSPS) is 13.4. The summed E-state index contributed by atoms with van der Waals surface area (Å²) in [4.78, 5) is 9.93. The number of alkyl halides is 1. The van der Waals surface area contributed by atoms with Crippen LogP contribution in [-0.2, 0) is 6.42 Å². The summed E-state index contributed by atoms with van der Waals surface area (Å²) < 4.78 is 26.5. The molecule has 3 nitrogen and oxygen atoms in total. The molecule has 18 heavy (non-hydrogen) atoms. The van der Waals surface area contributed by atoms with E-state index in [4.69, 9.17) is 11.6 Å². The van der Waals surface area contributed by atoms with Crippen LogP contribution in [0.15, 0.2) is 12.1 Å². The van der Waals surface area contributed by atoms with E-state index in [0.717, 1.165) is 6.07 Å². The first-order valence-electron chi connectivity index (χ1n) is 5.39. The van der Waals surface area contributed by atoms with Gasteiger partial charge in [0.2, 0.25) is 5.82 Å². The molecule has 1 atom stereocenters. The molecule has 6 heteroatoms. The Morgan fingerprint density at radius 1 is 1.39 bits per heavy atom. The maximum absolute atomic E-state index is 13.4. The molecule has 0 saturated carbocycles. The molecule has 0 heterocycles. The van der Waals surface area contributed by atoms with Crippen molar-refractivity contribution in [3.05, 3.63) is 39.4 Å². The van der Waals surface area contributed by atoms with Crippen LogP contribution in [0.3, 0.4) is 0 Å². The zero-order valence-electron chi connectivity index (χ0n) is 10.3. The monoisotopic (exact) mass is 277 g/mol. The Morgan fingerprint density at radius 2 is 1.94 bits per heavy atom. The van der Waals surface area contributed by atoms with Crippen molar-refractivity contribution < 1.29 is 13.7 Å². The summed E-state index contributed by atoms with van der Waals surface area (Å²) in [6, 6.07) is 1.46. The minimum absolute atomic E-state index is 0.0209. The van der Waals surface area contributed by atoms with Crippen molar-refractivity contribution in [3.63, 3.8) is 0 Å². The third-order valence-corrected chi connectivity index (χ3v) is 3.44. The highest BCUT2D eigenvalue weighted by molar-refractivity contribution is 6.21. The van der Waals surface area contributed by atoms with Gasteiger partial charge in [-0.25, -0.2) is 4.39 Å². The van der Waals surface area contributed by atoms with E-state index in [2.05, 4.69) is 0 Å². The average molecular weight is 278 g/mol. The summed E-state index contributed by atoms with van der Waals surface area (Å²) in [6.45, 7) is 5.56. The molecule has 0 radical (unpaired) electrons. The van der Waals surface area contributed by atoms with Crippen LogP contribution in [0.2, 0.25) is 0 Å². The van der Waals surface area contributed by atoms with Gasteiger partial charge in [-0.2, -0.15) is 4.39 Å². The highest BCUT2D eigenvalue weighted by atomic mass is 35.5. The standard InChI is InChI=1S/C12H14ClF2NO2/c1-12(2,3)10(13)5-7-4-8(14)6-9(15)11(7)16(17)18/h4,6,10H,5H2,1-3H3. The largest absolute Gasteiger partial charge is 0.308 e. The molecule has 0 saturated heterocycles. The van der Waals surface area contributed by atoms with Crippen molar-refractivity contribution >= 4 is 17.3 Å². The maximum atomic E-state index is 13.4. The molecular formula is C12H14ClF2NO2. The Hall–Kier alpha value is -1.23. The molecule has 1 unspecified atom stereocenters. The van der Waals surface area contributed by atoms with Crippen molar-refractivity contribution in [2.75, 3.05) is 0 Å². The van der Waals surface area contributed by atoms with E-state index in [0.29, 0.717) is 6.07 Å². The van der Waals surface area contributed by atoms with E-state index < -0.39 is 27.6 Å². The molecule has 0 spiro atoms. The zero-order chi connectivity index (χ0) is 14.1. The number of hydrogen-bond acceptors (Lipinski definition) is 2. The summed E-state index contributed by atoms with van der Waals surface area (Å²) in [7, 11) is 0. The van der Waals surface area contributed by atoms with Gasteiger partial charge in [-0.15, -0.1) is 11.6 Å². The van der Waals surface area contributed by atoms with E-state index >= 15 is 0 Å². The van der Waals surface area contributed by atoms with Gasteiger partial charge in [0.15, 0.2) is 0 Å². The average Bonchev–Trinajstić information content (AvgIpc) is 2.13. The van der Waals surface area contributed by atoms with Gasteiger partial charge >= 0.3 is 5.69 Å². The molecule has 0 bridgehead atoms. The molecule has 0 N–H and O–H groups in total. The topological polar surface area (TPSA) is 43.1 Å². The zero-order valence-corrected chi connectivity index (χ0v) is 11.1. The summed E-state index contributed by atoms with van der Waals surface area (Å²) in [5, 5.41) is 10.3. The molecule has 100 valence electrons. The minimum Gasteiger partial charge on any atom is -0.258 e. The third-order valence-electron chi connectivity index (χ3n) is 2.63. The van der Waals surface area contributed by atoms with Gasteiger partial charge in [0, 0.05) is 17.0 Å². The Kier molecular flexibility index (Phi) is 4.27. The highest BCUT2D eigenvalue weighted by Crippen LogP contribution is 2.32. The first-order valence-corrected chi connectivity index (χ1v) is 5.83. The molecule has 1 aromatic carbocycles. The van der Waals surface area contributed by atoms with Gasteiger partial charge in [0.05, 0.1) is 4.92 Å². The number of nitro groups is 1. The van der Waals surface area contributed by atoms with E-state index in [9.17, 15) is 18.9 Å². The van der Waals surface area contributed by atoms with Crippen LogP contribution in [0.1, 0.15) is 26.3 Å². The van der Waals surface area contributed by atoms with Crippen LogP contribution < -0.4 is 0 Å². The number of hydrogen-bond donors (Lipinski definition) is 0. The summed E-state index contributed by atoms with van der Waals surface area (Å²) in [6.07, 6.45) is 0.0377. The lowest BCUT2D eigenvalue weighted by atomic mass is 9.87. The second kappa shape index (κ2) is 5.18. The Morgan fingerprint density at radius 3 is 2.39 bits per heavy atom. The quantitative estimate of drug-likeness (QED) is 0.475. The fourth-order valence-electron chi connectivity index (χ4n) is 1.48. The number of benzene rings is 1. The van der Waals surface area contributed by atoms with Crippen LogP contribution >= 0.6 is 11.6 Å². The fourth-order valence-corrected chi connectivity index (χ4v) is 1.64. The predicted molar refractivity (Wildman–Crippen MR) is 65.8 cm³/mol. The summed E-state index contributed by atoms with van der Waals surface area (Å²) >= 11 is 6.11. The van der Waals surface area contributed by atoms with Crippen LogP contribution in [0.25, 0.3) is 0 Å². The predicted octanol–water partition coefficient (Wildman–Crippen LogP) is 4.07. The molecule has 0 aliphatic rings. The summed E-state index contributed by atoms with van der Waals surface area (Å²) in [5.74, 6) is -2.02. The molecule has 1 rings (SSSR count). The van der Waals surface area contributed by atoms with Crippen molar-refractivity contribution in [2.24, 2.45) is 5.41 Å². The van der Waals surface area contributed by atoms with Crippen molar-refractivity contribution in [2.45, 2.75) is 32.6 Å². The van der Waals surface area contributed by atoms with Crippen molar-refractivity contribution in [3.8, 4) is 0 Å². The second-order valence-corrected chi connectivity index (χ2v) is 5.72. The SMILES string of the molecule is CC(C)(C)C(Cl)Cc1cc(F)cc(F)c1[N+](=O)[O-]. The fraction of sp³-hybridized carbons (Fsp3) is 0.500. The van der Waals surface area contributed by atoms with Gasteiger partial charge < -0.3 is 0 Å². The minimum atomic E-state index is -1.17. The van der Waals surface area contributed by atoms with Crippen LogP contribution in [0.4, 0.5) is 14.5 Å².